The summed E-state index contributed by atoms with van der Waals surface area (Å²) in [7, 11) is 0. The lowest BCUT2D eigenvalue weighted by atomic mass is 10.4. The van der Waals surface area contributed by atoms with Gasteiger partial charge in [0.25, 0.3) is 5.91 Å². The highest BCUT2D eigenvalue weighted by molar-refractivity contribution is 6.32. The van der Waals surface area contributed by atoms with Gasteiger partial charge in [0.1, 0.15) is 11.0 Å². The van der Waals surface area contributed by atoms with Crippen molar-refractivity contribution in [2.24, 2.45) is 0 Å². The molecule has 0 fully saturated rings. The first-order chi connectivity index (χ1) is 8.04. The van der Waals surface area contributed by atoms with Gasteiger partial charge in [-0.25, -0.2) is 9.97 Å². The van der Waals surface area contributed by atoms with Gasteiger partial charge >= 0.3 is 0 Å². The number of hydrogen-bond acceptors (Lipinski definition) is 4. The van der Waals surface area contributed by atoms with E-state index in [1.807, 2.05) is 0 Å². The van der Waals surface area contributed by atoms with Crippen molar-refractivity contribution in [1.29, 1.82) is 0 Å². The second kappa shape index (κ2) is 4.91. The first kappa shape index (κ1) is 12.2. The number of nitrogens with one attached hydrogen (secondary N) is 1. The molecule has 0 spiro atoms. The Labute approximate surface area is 111 Å². The normalized spacial score (nSPS) is 10.3. The quantitative estimate of drug-likeness (QED) is 0.681. The Bertz CT molecular complexity index is 550. The Balaban J connectivity index is 2.18. The van der Waals surface area contributed by atoms with E-state index in [1.54, 1.807) is 0 Å². The highest BCUT2D eigenvalue weighted by atomic mass is 35.5. The maximum absolute atomic E-state index is 11.6. The van der Waals surface area contributed by atoms with Crippen LogP contribution in [0.15, 0.2) is 22.6 Å². The van der Waals surface area contributed by atoms with E-state index in [-0.39, 0.29) is 27.2 Å². The summed E-state index contributed by atoms with van der Waals surface area (Å²) in [5, 5.41) is 2.62. The Hall–Kier alpha value is -1.30. The number of carbonyl (C=O) groups excluding carboxylic acids is 1. The fourth-order valence-electron chi connectivity index (χ4n) is 1.07. The van der Waals surface area contributed by atoms with E-state index in [1.165, 1.54) is 18.2 Å². The molecule has 0 saturated carbocycles. The molecule has 2 rings (SSSR count). The molecular formula is C9H4Cl3N3O2. The van der Waals surface area contributed by atoms with Crippen molar-refractivity contribution in [3.05, 3.63) is 39.6 Å². The highest BCUT2D eigenvalue weighted by Gasteiger charge is 2.12. The third-order valence-electron chi connectivity index (χ3n) is 1.71. The molecule has 1 amide bonds. The fraction of sp³-hybridized carbons (Fsp3) is 0. The van der Waals surface area contributed by atoms with Crippen molar-refractivity contribution in [3.8, 4) is 0 Å². The van der Waals surface area contributed by atoms with Crippen LogP contribution in [0.25, 0.3) is 0 Å². The van der Waals surface area contributed by atoms with Crippen LogP contribution in [0.5, 0.6) is 0 Å². The minimum absolute atomic E-state index is 0.0563. The number of carbonyl (C=O) groups is 1. The zero-order valence-electron chi connectivity index (χ0n) is 8.08. The molecule has 0 unspecified atom stereocenters. The van der Waals surface area contributed by atoms with E-state index < -0.39 is 5.91 Å². The molecule has 8 heteroatoms. The van der Waals surface area contributed by atoms with Crippen LogP contribution in [0, 0.1) is 0 Å². The van der Waals surface area contributed by atoms with Crippen molar-refractivity contribution in [2.75, 3.05) is 5.32 Å². The third-order valence-corrected chi connectivity index (χ3v) is 2.27. The second-order valence-electron chi connectivity index (χ2n) is 2.90. The Morgan fingerprint density at radius 3 is 2.59 bits per heavy atom. The number of rotatable bonds is 2. The summed E-state index contributed by atoms with van der Waals surface area (Å²) in [6.07, 6.45) is 0. The molecule has 1 N–H and O–H groups in total. The molecule has 2 aromatic heterocycles. The van der Waals surface area contributed by atoms with Crippen molar-refractivity contribution in [2.45, 2.75) is 0 Å². The number of anilines is 1. The van der Waals surface area contributed by atoms with Crippen molar-refractivity contribution in [1.82, 2.24) is 9.97 Å². The zero-order chi connectivity index (χ0) is 12.4. The molecule has 0 radical (unpaired) electrons. The van der Waals surface area contributed by atoms with Crippen LogP contribution in [0.3, 0.4) is 0 Å². The van der Waals surface area contributed by atoms with Crippen LogP contribution < -0.4 is 5.32 Å². The minimum atomic E-state index is -0.511. The van der Waals surface area contributed by atoms with E-state index in [2.05, 4.69) is 15.3 Å². The molecule has 0 aliphatic heterocycles. The van der Waals surface area contributed by atoms with Crippen LogP contribution in [-0.2, 0) is 0 Å². The SMILES string of the molecule is O=C(Nc1cc(Cl)nc(Cl)n1)c1ccc(Cl)o1. The Morgan fingerprint density at radius 1 is 1.24 bits per heavy atom. The Morgan fingerprint density at radius 2 is 2.00 bits per heavy atom. The number of nitrogens with zero attached hydrogens (tertiary/aromatic N) is 2. The molecule has 0 bridgehead atoms. The summed E-state index contributed by atoms with van der Waals surface area (Å²) in [5.41, 5.74) is 0. The van der Waals surface area contributed by atoms with Gasteiger partial charge in [-0.3, -0.25) is 4.79 Å². The molecule has 0 atom stereocenters. The highest BCUT2D eigenvalue weighted by Crippen LogP contribution is 2.17. The van der Waals surface area contributed by atoms with Crippen LogP contribution >= 0.6 is 34.8 Å². The average Bonchev–Trinajstić information content (AvgIpc) is 2.63. The molecule has 5 nitrogen and oxygen atoms in total. The number of halogens is 3. The third kappa shape index (κ3) is 3.09. The molecule has 2 aromatic rings. The summed E-state index contributed by atoms with van der Waals surface area (Å²) < 4.78 is 4.92. The van der Waals surface area contributed by atoms with Crippen molar-refractivity contribution in [3.63, 3.8) is 0 Å². The molecule has 0 aromatic carbocycles. The topological polar surface area (TPSA) is 68.0 Å². The number of hydrogen-bond donors (Lipinski definition) is 1. The number of aromatic nitrogens is 2. The largest absolute Gasteiger partial charge is 0.440 e. The van der Waals surface area contributed by atoms with Crippen molar-refractivity contribution < 1.29 is 9.21 Å². The van der Waals surface area contributed by atoms with Crippen molar-refractivity contribution >= 4 is 46.5 Å². The molecule has 88 valence electrons. The maximum atomic E-state index is 11.6. The molecular weight excluding hydrogens is 288 g/mol. The van der Waals surface area contributed by atoms with Crippen LogP contribution in [0.2, 0.25) is 15.7 Å². The van der Waals surface area contributed by atoms with E-state index in [9.17, 15) is 4.79 Å². The number of amides is 1. The predicted octanol–water partition coefficient (Wildman–Crippen LogP) is 3.28. The molecule has 0 aliphatic carbocycles. The van der Waals surface area contributed by atoms with Gasteiger partial charge in [-0.05, 0) is 35.3 Å². The second-order valence-corrected chi connectivity index (χ2v) is 4.00. The summed E-state index contributed by atoms with van der Waals surface area (Å²) in [6.45, 7) is 0. The summed E-state index contributed by atoms with van der Waals surface area (Å²) >= 11 is 16.8. The van der Waals surface area contributed by atoms with Gasteiger partial charge < -0.3 is 9.73 Å². The summed E-state index contributed by atoms with van der Waals surface area (Å²) in [5.74, 6) is -0.281. The van der Waals surface area contributed by atoms with E-state index >= 15 is 0 Å². The van der Waals surface area contributed by atoms with Crippen LogP contribution in [0.1, 0.15) is 10.6 Å². The first-order valence-electron chi connectivity index (χ1n) is 4.31. The van der Waals surface area contributed by atoms with Gasteiger partial charge in [0, 0.05) is 6.07 Å². The molecule has 2 heterocycles. The lowest BCUT2D eigenvalue weighted by Gasteiger charge is -2.02. The van der Waals surface area contributed by atoms with Crippen LogP contribution in [-0.4, -0.2) is 15.9 Å². The van der Waals surface area contributed by atoms with E-state index in [0.717, 1.165) is 0 Å². The molecule has 0 aliphatic rings. The van der Waals surface area contributed by atoms with Gasteiger partial charge in [0.15, 0.2) is 11.0 Å². The fourth-order valence-corrected chi connectivity index (χ4v) is 1.62. The van der Waals surface area contributed by atoms with Gasteiger partial charge in [0.2, 0.25) is 5.28 Å². The van der Waals surface area contributed by atoms with Gasteiger partial charge in [-0.2, -0.15) is 0 Å². The predicted molar refractivity (Wildman–Crippen MR) is 63.7 cm³/mol. The smallest absolute Gasteiger partial charge is 0.292 e. The first-order valence-corrected chi connectivity index (χ1v) is 5.45. The van der Waals surface area contributed by atoms with Gasteiger partial charge in [-0.15, -0.1) is 0 Å². The number of furan rings is 1. The molecule has 0 saturated heterocycles. The maximum Gasteiger partial charge on any atom is 0.292 e. The Kier molecular flexibility index (Phi) is 3.51. The minimum Gasteiger partial charge on any atom is -0.440 e. The van der Waals surface area contributed by atoms with E-state index in [4.69, 9.17) is 39.2 Å². The van der Waals surface area contributed by atoms with Gasteiger partial charge in [-0.1, -0.05) is 11.6 Å². The standard InChI is InChI=1S/C9H4Cl3N3O2/c10-5-3-7(15-9(12)13-5)14-8(16)4-1-2-6(11)17-4/h1-3H,(H,13,14,15,16). The molecule has 17 heavy (non-hydrogen) atoms. The zero-order valence-corrected chi connectivity index (χ0v) is 10.3. The lowest BCUT2D eigenvalue weighted by molar-refractivity contribution is 0.0996. The monoisotopic (exact) mass is 291 g/mol. The average molecular weight is 293 g/mol. The summed E-state index contributed by atoms with van der Waals surface area (Å²) in [4.78, 5) is 19.1. The van der Waals surface area contributed by atoms with E-state index in [0.29, 0.717) is 0 Å². The van der Waals surface area contributed by atoms with Gasteiger partial charge in [0.05, 0.1) is 0 Å². The lowest BCUT2D eigenvalue weighted by Crippen LogP contribution is -2.12. The van der Waals surface area contributed by atoms with Crippen LogP contribution in [0.4, 0.5) is 5.82 Å². The summed E-state index contributed by atoms with van der Waals surface area (Å²) in [6, 6.07) is 4.24.